The number of aliphatic hydroxyl groups is 2. The number of para-hydroxylation sites is 1. The van der Waals surface area contributed by atoms with Crippen molar-refractivity contribution in [2.75, 3.05) is 26.9 Å². The zero-order valence-electron chi connectivity index (χ0n) is 29.3. The van der Waals surface area contributed by atoms with Gasteiger partial charge in [0.1, 0.15) is 18.8 Å². The van der Waals surface area contributed by atoms with Gasteiger partial charge in [-0.1, -0.05) is 12.1 Å². The van der Waals surface area contributed by atoms with E-state index in [-0.39, 0.29) is 29.9 Å². The van der Waals surface area contributed by atoms with E-state index in [2.05, 4.69) is 0 Å². The minimum atomic E-state index is -1.76. The van der Waals surface area contributed by atoms with Crippen LogP contribution < -0.4 is 0 Å². The molecule has 11 atom stereocenters. The quantitative estimate of drug-likeness (QED) is 0.113. The molecule has 2 N–H and O–H groups in total. The molecule has 3 aliphatic heterocycles. The van der Waals surface area contributed by atoms with E-state index in [9.17, 15) is 44.3 Å². The molecule has 20 heteroatoms. The number of rotatable bonds is 14. The van der Waals surface area contributed by atoms with Crippen LogP contribution in [0.4, 0.5) is 5.69 Å². The van der Waals surface area contributed by atoms with Crippen molar-refractivity contribution in [3.8, 4) is 0 Å². The van der Waals surface area contributed by atoms with Gasteiger partial charge in [-0.25, -0.2) is 4.79 Å². The second-order valence-electron chi connectivity index (χ2n) is 12.1. The molecule has 53 heavy (non-hydrogen) atoms. The van der Waals surface area contributed by atoms with Crippen molar-refractivity contribution in [1.29, 1.82) is 0 Å². The van der Waals surface area contributed by atoms with Crippen molar-refractivity contribution in [3.05, 3.63) is 51.8 Å². The Bertz CT molecular complexity index is 1550. The molecule has 292 valence electrons. The summed E-state index contributed by atoms with van der Waals surface area (Å²) in [6.07, 6.45) is -12.4. The fourth-order valence-corrected chi connectivity index (χ4v) is 6.32. The van der Waals surface area contributed by atoms with Gasteiger partial charge in [0.05, 0.1) is 54.7 Å². The lowest BCUT2D eigenvalue weighted by Gasteiger charge is -2.46. The van der Waals surface area contributed by atoms with Crippen molar-refractivity contribution < 1.29 is 86.5 Å². The van der Waals surface area contributed by atoms with Crippen LogP contribution in [0.1, 0.15) is 45.8 Å². The standard InChI is InChI=1S/C33H41NO19/c1-15(36)45-14-25-28(48-16(2)37)29(49-17(3)38)30(50-18(4)39)33(52-25)53-32-27(23(40)11-35)20(21(12-47-32)31(41)44-5)10-26-46-13-24(51-26)19-8-6-7-9-22(19)34(42)43/h6-9,12,20,23-30,32-33,35,40H,10-11,13-14H2,1-5H3/t20-,23?,24?,25-,26?,27+,28-,29+,30-,32+,33+/m1/s1. The van der Waals surface area contributed by atoms with E-state index in [4.69, 9.17) is 47.4 Å². The number of ether oxygens (including phenoxy) is 10. The van der Waals surface area contributed by atoms with Gasteiger partial charge in [0.2, 0.25) is 12.6 Å². The molecule has 20 nitrogen and oxygen atoms in total. The van der Waals surface area contributed by atoms with E-state index < -0.39 is 115 Å². The molecule has 0 aromatic heterocycles. The van der Waals surface area contributed by atoms with Gasteiger partial charge in [0.15, 0.2) is 24.6 Å². The first-order valence-electron chi connectivity index (χ1n) is 16.3. The van der Waals surface area contributed by atoms with Crippen molar-refractivity contribution in [2.24, 2.45) is 11.8 Å². The predicted octanol–water partition coefficient (Wildman–Crippen LogP) is 0.497. The molecule has 2 fully saturated rings. The van der Waals surface area contributed by atoms with Crippen molar-refractivity contribution in [3.63, 3.8) is 0 Å². The summed E-state index contributed by atoms with van der Waals surface area (Å²) in [6.45, 7) is 2.68. The molecule has 3 heterocycles. The Hall–Kier alpha value is -4.73. The third kappa shape index (κ3) is 10.2. The number of carbonyl (C=O) groups excluding carboxylic acids is 5. The zero-order chi connectivity index (χ0) is 39.0. The number of esters is 5. The number of nitro benzene ring substituents is 1. The number of aliphatic hydroxyl groups excluding tert-OH is 2. The van der Waals surface area contributed by atoms with Gasteiger partial charge < -0.3 is 57.6 Å². The van der Waals surface area contributed by atoms with Crippen LogP contribution in [0.15, 0.2) is 36.1 Å². The average Bonchev–Trinajstić information content (AvgIpc) is 3.57. The fourth-order valence-electron chi connectivity index (χ4n) is 6.32. The molecular formula is C33H41NO19. The maximum atomic E-state index is 13.0. The highest BCUT2D eigenvalue weighted by atomic mass is 16.8. The Labute approximate surface area is 302 Å². The number of hydrogen-bond donors (Lipinski definition) is 2. The number of methoxy groups -OCH3 is 1. The van der Waals surface area contributed by atoms with Crippen molar-refractivity contribution in [1.82, 2.24) is 0 Å². The minimum Gasteiger partial charge on any atom is -0.471 e. The van der Waals surface area contributed by atoms with Crippen molar-refractivity contribution in [2.45, 2.75) is 89.6 Å². The highest BCUT2D eigenvalue weighted by Gasteiger charge is 2.55. The van der Waals surface area contributed by atoms with Crippen LogP contribution in [-0.2, 0) is 71.3 Å². The highest BCUT2D eigenvalue weighted by molar-refractivity contribution is 5.89. The normalized spacial score (nSPS) is 30.1. The van der Waals surface area contributed by atoms with Crippen LogP contribution in [0.3, 0.4) is 0 Å². The topological polar surface area (TPSA) is 261 Å². The molecule has 0 spiro atoms. The molecule has 1 aromatic carbocycles. The summed E-state index contributed by atoms with van der Waals surface area (Å²) in [6, 6.07) is 5.92. The summed E-state index contributed by atoms with van der Waals surface area (Å²) in [4.78, 5) is 72.5. The molecule has 4 rings (SSSR count). The van der Waals surface area contributed by atoms with Gasteiger partial charge in [-0.3, -0.25) is 29.3 Å². The monoisotopic (exact) mass is 755 g/mol. The maximum Gasteiger partial charge on any atom is 0.337 e. The number of benzene rings is 1. The maximum absolute atomic E-state index is 13.0. The van der Waals surface area contributed by atoms with Crippen LogP contribution >= 0.6 is 0 Å². The summed E-state index contributed by atoms with van der Waals surface area (Å²) >= 11 is 0. The first-order chi connectivity index (χ1) is 25.1. The summed E-state index contributed by atoms with van der Waals surface area (Å²) in [5.41, 5.74) is -0.0879. The van der Waals surface area contributed by atoms with Gasteiger partial charge in [-0.05, 0) is 6.07 Å². The summed E-state index contributed by atoms with van der Waals surface area (Å²) in [5.74, 6) is -6.76. The Morgan fingerprint density at radius 3 is 2.17 bits per heavy atom. The molecule has 0 amide bonds. The summed E-state index contributed by atoms with van der Waals surface area (Å²) in [7, 11) is 1.10. The first kappa shape index (κ1) is 41.0. The van der Waals surface area contributed by atoms with E-state index in [0.717, 1.165) is 41.1 Å². The van der Waals surface area contributed by atoms with Gasteiger partial charge in [0, 0.05) is 46.1 Å². The van der Waals surface area contributed by atoms with Gasteiger partial charge in [-0.15, -0.1) is 0 Å². The lowest BCUT2D eigenvalue weighted by molar-refractivity contribution is -0.386. The van der Waals surface area contributed by atoms with E-state index in [1.54, 1.807) is 6.07 Å². The fraction of sp³-hybridized carbons (Fsp3) is 0.606. The SMILES string of the molecule is COC(=O)C1=CO[C@@H](O[C@@H]2O[C@H](COC(C)=O)[C@@H](OC(C)=O)[C@H](OC(C)=O)[C@H]2OC(C)=O)[C@H](C(O)CO)[C@@H]1CC1OCC(c2ccccc2[N+](=O)[O-])O1. The molecule has 0 aliphatic carbocycles. The van der Waals surface area contributed by atoms with Gasteiger partial charge in [-0.2, -0.15) is 0 Å². The van der Waals surface area contributed by atoms with Crippen LogP contribution in [0, 0.1) is 22.0 Å². The van der Waals surface area contributed by atoms with Crippen molar-refractivity contribution >= 4 is 35.5 Å². The van der Waals surface area contributed by atoms with E-state index in [1.807, 2.05) is 0 Å². The van der Waals surface area contributed by atoms with Crippen LogP contribution in [0.2, 0.25) is 0 Å². The lowest BCUT2D eigenvalue weighted by Crippen LogP contribution is -2.64. The molecule has 2 saturated heterocycles. The smallest absolute Gasteiger partial charge is 0.337 e. The average molecular weight is 756 g/mol. The molecule has 1 aromatic rings. The predicted molar refractivity (Wildman–Crippen MR) is 169 cm³/mol. The number of carbonyl (C=O) groups is 5. The molecule has 0 radical (unpaired) electrons. The number of hydrogen-bond acceptors (Lipinski definition) is 19. The Morgan fingerprint density at radius 1 is 0.925 bits per heavy atom. The van der Waals surface area contributed by atoms with Crippen LogP contribution in [-0.4, -0.2) is 121 Å². The van der Waals surface area contributed by atoms with Crippen LogP contribution in [0.25, 0.3) is 0 Å². The molecule has 0 bridgehead atoms. The van der Waals surface area contributed by atoms with E-state index in [1.165, 1.54) is 18.2 Å². The number of nitrogens with zero attached hydrogens (tertiary/aromatic N) is 1. The second kappa shape index (κ2) is 18.3. The zero-order valence-corrected chi connectivity index (χ0v) is 29.3. The largest absolute Gasteiger partial charge is 0.471 e. The third-order valence-electron chi connectivity index (χ3n) is 8.45. The van der Waals surface area contributed by atoms with Crippen LogP contribution in [0.5, 0.6) is 0 Å². The van der Waals surface area contributed by atoms with E-state index in [0.29, 0.717) is 0 Å². The third-order valence-corrected chi connectivity index (χ3v) is 8.45. The number of nitro groups is 1. The minimum absolute atomic E-state index is 0.103. The Balaban J connectivity index is 1.70. The molecule has 0 saturated carbocycles. The molecular weight excluding hydrogens is 714 g/mol. The Morgan fingerprint density at radius 2 is 1.57 bits per heavy atom. The van der Waals surface area contributed by atoms with Gasteiger partial charge in [0.25, 0.3) is 5.69 Å². The highest BCUT2D eigenvalue weighted by Crippen LogP contribution is 2.42. The van der Waals surface area contributed by atoms with Gasteiger partial charge >= 0.3 is 29.8 Å². The molecule has 3 aliphatic rings. The summed E-state index contributed by atoms with van der Waals surface area (Å²) < 4.78 is 56.1. The second-order valence-corrected chi connectivity index (χ2v) is 12.1. The summed E-state index contributed by atoms with van der Waals surface area (Å²) in [5, 5.41) is 33.0. The molecule has 3 unspecified atom stereocenters. The first-order valence-corrected chi connectivity index (χ1v) is 16.3. The lowest BCUT2D eigenvalue weighted by atomic mass is 9.78. The van der Waals surface area contributed by atoms with E-state index >= 15 is 0 Å². The Kier molecular flexibility index (Phi) is 14.2.